The van der Waals surface area contributed by atoms with Crippen molar-refractivity contribution in [2.24, 2.45) is 0 Å². The second kappa shape index (κ2) is 25.5. The van der Waals surface area contributed by atoms with Gasteiger partial charge in [-0.3, -0.25) is 0 Å². The Hall–Kier alpha value is -2.28. The van der Waals surface area contributed by atoms with Gasteiger partial charge in [-0.05, 0) is 5.56 Å². The van der Waals surface area contributed by atoms with Gasteiger partial charge >= 0.3 is 0 Å². The third kappa shape index (κ3) is 29.6. The molecule has 0 heterocycles. The van der Waals surface area contributed by atoms with Gasteiger partial charge in [0.05, 0.1) is 0 Å². The van der Waals surface area contributed by atoms with E-state index >= 15 is 0 Å². The minimum Gasteiger partial charge on any atom is -0.222 e. The summed E-state index contributed by atoms with van der Waals surface area (Å²) in [5.74, 6) is 0. The molecule has 0 spiro atoms. The average molecular weight is 276 g/mol. The first-order chi connectivity index (χ1) is 9.67. The molecule has 20 heavy (non-hydrogen) atoms. The fourth-order valence-electron chi connectivity index (χ4n) is 1.09. The number of nitrogens with one attached hydrogen (secondary N) is 2. The molecule has 4 heteroatoms. The fourth-order valence-corrected chi connectivity index (χ4v) is 1.09. The Morgan fingerprint density at radius 3 is 1.55 bits per heavy atom. The highest BCUT2D eigenvalue weighted by Gasteiger charge is 1.76. The predicted octanol–water partition coefficient (Wildman–Crippen LogP) is 4.72. The van der Waals surface area contributed by atoms with Gasteiger partial charge in [0.15, 0.2) is 0 Å². The maximum Gasteiger partial charge on any atom is 0.231 e. The van der Waals surface area contributed by atoms with Crippen LogP contribution in [0, 0.1) is 10.8 Å². The molecule has 0 saturated carbocycles. The third-order valence-electron chi connectivity index (χ3n) is 1.99. The quantitative estimate of drug-likeness (QED) is 0.474. The Morgan fingerprint density at radius 1 is 1.00 bits per heavy atom. The molecule has 0 aromatic heterocycles. The summed E-state index contributed by atoms with van der Waals surface area (Å²) < 4.78 is 0. The van der Waals surface area contributed by atoms with E-state index in [1.165, 1.54) is 31.2 Å². The molecule has 4 nitrogen and oxygen atoms in total. The van der Waals surface area contributed by atoms with Crippen LogP contribution in [0.15, 0.2) is 36.9 Å². The van der Waals surface area contributed by atoms with Crippen molar-refractivity contribution in [3.63, 3.8) is 0 Å². The Balaban J connectivity index is -0.000000214. The average Bonchev–Trinajstić information content (AvgIpc) is 2.48. The summed E-state index contributed by atoms with van der Waals surface area (Å²) in [7, 11) is 0. The molecule has 1 rings (SSSR count). The fraction of sp³-hybridized carbons (Fsp3) is 0.375. The van der Waals surface area contributed by atoms with Crippen LogP contribution < -0.4 is 0 Å². The first kappa shape index (κ1) is 22.9. The molecule has 0 atom stereocenters. The summed E-state index contributed by atoms with van der Waals surface area (Å²) in [5.41, 5.74) is 1.17. The number of benzene rings is 1. The lowest BCUT2D eigenvalue weighted by Gasteiger charge is -1.86. The molecule has 0 aliphatic heterocycles. The molecule has 0 fully saturated rings. The van der Waals surface area contributed by atoms with Crippen molar-refractivity contribution in [2.75, 3.05) is 0 Å². The van der Waals surface area contributed by atoms with Crippen molar-refractivity contribution < 1.29 is 9.59 Å². The van der Waals surface area contributed by atoms with Crippen LogP contribution in [0.1, 0.15) is 45.1 Å². The van der Waals surface area contributed by atoms with E-state index in [1.54, 1.807) is 0 Å². The SMILES string of the molecule is C=Cc1ccccc1.CCCCCC.N=C=O.N=C=O. The molecular formula is C16H24N2O2. The monoisotopic (exact) mass is 276 g/mol. The predicted molar refractivity (Wildman–Crippen MR) is 83.2 cm³/mol. The van der Waals surface area contributed by atoms with Gasteiger partial charge in [-0.25, -0.2) is 20.4 Å². The highest BCUT2D eigenvalue weighted by atomic mass is 16.1. The zero-order valence-electron chi connectivity index (χ0n) is 12.3. The van der Waals surface area contributed by atoms with Crippen LogP contribution in [0.4, 0.5) is 0 Å². The molecule has 0 radical (unpaired) electrons. The highest BCUT2D eigenvalue weighted by Crippen LogP contribution is 1.97. The lowest BCUT2D eigenvalue weighted by atomic mass is 10.2. The Kier molecular flexibility index (Phi) is 29.2. The van der Waals surface area contributed by atoms with Crippen molar-refractivity contribution in [3.8, 4) is 0 Å². The summed E-state index contributed by atoms with van der Waals surface area (Å²) in [6.45, 7) is 8.09. The first-order valence-electron chi connectivity index (χ1n) is 6.43. The smallest absolute Gasteiger partial charge is 0.222 e. The lowest BCUT2D eigenvalue weighted by Crippen LogP contribution is -1.66. The minimum atomic E-state index is 0.750. The van der Waals surface area contributed by atoms with Crippen molar-refractivity contribution in [3.05, 3.63) is 42.5 Å². The molecule has 0 aliphatic carbocycles. The summed E-state index contributed by atoms with van der Waals surface area (Å²) in [6, 6.07) is 10.0. The van der Waals surface area contributed by atoms with E-state index < -0.39 is 0 Å². The largest absolute Gasteiger partial charge is 0.231 e. The second-order valence-electron chi connectivity index (χ2n) is 3.53. The van der Waals surface area contributed by atoms with Crippen LogP contribution in [0.5, 0.6) is 0 Å². The van der Waals surface area contributed by atoms with Gasteiger partial charge < -0.3 is 0 Å². The lowest BCUT2D eigenvalue weighted by molar-refractivity contribution is 0.562. The number of isocyanates is 2. The van der Waals surface area contributed by atoms with Crippen molar-refractivity contribution in [1.29, 1.82) is 10.8 Å². The molecule has 0 amide bonds. The Morgan fingerprint density at radius 2 is 1.35 bits per heavy atom. The molecule has 0 aliphatic rings. The van der Waals surface area contributed by atoms with Crippen LogP contribution in [0.2, 0.25) is 0 Å². The van der Waals surface area contributed by atoms with Crippen LogP contribution >= 0.6 is 0 Å². The molecule has 1 aromatic rings. The van der Waals surface area contributed by atoms with Gasteiger partial charge in [-0.15, -0.1) is 0 Å². The van der Waals surface area contributed by atoms with Crippen LogP contribution in [-0.2, 0) is 9.59 Å². The van der Waals surface area contributed by atoms with E-state index in [4.69, 9.17) is 20.4 Å². The zero-order chi connectivity index (χ0) is 16.1. The van der Waals surface area contributed by atoms with Crippen molar-refractivity contribution in [1.82, 2.24) is 0 Å². The number of carbonyl (C=O) groups excluding carboxylic acids is 2. The molecule has 0 bridgehead atoms. The van der Waals surface area contributed by atoms with E-state index in [9.17, 15) is 0 Å². The minimum absolute atomic E-state index is 0.750. The second-order valence-corrected chi connectivity index (χ2v) is 3.53. The number of hydrogen-bond donors (Lipinski definition) is 2. The molecule has 110 valence electrons. The van der Waals surface area contributed by atoms with Gasteiger partial charge in [0.2, 0.25) is 12.2 Å². The van der Waals surface area contributed by atoms with Gasteiger partial charge in [-0.2, -0.15) is 0 Å². The number of unbranched alkanes of at least 4 members (excludes halogenated alkanes) is 3. The van der Waals surface area contributed by atoms with Gasteiger partial charge in [0.1, 0.15) is 0 Å². The topological polar surface area (TPSA) is 81.8 Å². The molecule has 1 aromatic carbocycles. The van der Waals surface area contributed by atoms with E-state index in [-0.39, 0.29) is 0 Å². The summed E-state index contributed by atoms with van der Waals surface area (Å²) in [5, 5.41) is 10.8. The highest BCUT2D eigenvalue weighted by molar-refractivity contribution is 5.45. The maximum absolute atomic E-state index is 8.35. The van der Waals surface area contributed by atoms with E-state index in [1.807, 2.05) is 36.4 Å². The van der Waals surface area contributed by atoms with E-state index in [0.717, 1.165) is 12.2 Å². The van der Waals surface area contributed by atoms with Gasteiger partial charge in [0, 0.05) is 0 Å². The third-order valence-corrected chi connectivity index (χ3v) is 1.99. The normalized spacial score (nSPS) is 6.90. The van der Waals surface area contributed by atoms with E-state index in [0.29, 0.717) is 0 Å². The van der Waals surface area contributed by atoms with E-state index in [2.05, 4.69) is 20.4 Å². The van der Waals surface area contributed by atoms with Crippen LogP contribution in [-0.4, -0.2) is 12.2 Å². The molecule has 0 saturated heterocycles. The van der Waals surface area contributed by atoms with Gasteiger partial charge in [-0.1, -0.05) is 82.5 Å². The van der Waals surface area contributed by atoms with Gasteiger partial charge in [0.25, 0.3) is 0 Å². The Bertz CT molecular complexity index is 347. The molecule has 0 unspecified atom stereocenters. The standard InChI is InChI=1S/C8H8.C6H14.2CHNO/c1-2-8-6-4-3-5-7-8;1-3-5-6-4-2;2*2-1-3/h2-7H,1H2;3-6H2,1-2H3;2*2H. The molecule has 2 N–H and O–H groups in total. The van der Waals surface area contributed by atoms with Crippen LogP contribution in [0.25, 0.3) is 6.08 Å². The van der Waals surface area contributed by atoms with Crippen molar-refractivity contribution in [2.45, 2.75) is 39.5 Å². The summed E-state index contributed by atoms with van der Waals surface area (Å²) in [6.07, 6.45) is 8.87. The zero-order valence-corrected chi connectivity index (χ0v) is 12.3. The number of hydrogen-bond acceptors (Lipinski definition) is 4. The maximum atomic E-state index is 8.35. The number of rotatable bonds is 4. The van der Waals surface area contributed by atoms with Crippen LogP contribution in [0.3, 0.4) is 0 Å². The Labute approximate surface area is 121 Å². The first-order valence-corrected chi connectivity index (χ1v) is 6.43. The summed E-state index contributed by atoms with van der Waals surface area (Å²) >= 11 is 0. The van der Waals surface area contributed by atoms with Crippen molar-refractivity contribution >= 4 is 18.2 Å². The summed E-state index contributed by atoms with van der Waals surface area (Å²) in [4.78, 5) is 16.7. The molecular weight excluding hydrogens is 252 g/mol.